The first kappa shape index (κ1) is 18.0. The smallest absolute Gasteiger partial charge is 0.253 e. The van der Waals surface area contributed by atoms with Gasteiger partial charge in [-0.15, -0.1) is 0 Å². The van der Waals surface area contributed by atoms with Crippen molar-refractivity contribution in [3.63, 3.8) is 0 Å². The van der Waals surface area contributed by atoms with Crippen molar-refractivity contribution < 1.29 is 9.59 Å². The van der Waals surface area contributed by atoms with Crippen molar-refractivity contribution in [1.29, 1.82) is 0 Å². The number of anilines is 1. The normalized spacial score (nSPS) is 16.7. The molecule has 1 fully saturated rings. The fraction of sp³-hybridized carbons (Fsp3) is 0.217. The van der Waals surface area contributed by atoms with Crippen LogP contribution < -0.4 is 5.32 Å². The molecule has 2 heterocycles. The second-order valence-corrected chi connectivity index (χ2v) is 7.15. The van der Waals surface area contributed by atoms with E-state index in [0.29, 0.717) is 23.7 Å². The lowest BCUT2D eigenvalue weighted by molar-refractivity contribution is -0.111. The number of aromatic nitrogens is 1. The number of fused-ring (bicyclic) bond motifs is 1. The van der Waals surface area contributed by atoms with Gasteiger partial charge in [0.05, 0.1) is 0 Å². The molecule has 5 heteroatoms. The Kier molecular flexibility index (Phi) is 4.98. The van der Waals surface area contributed by atoms with Gasteiger partial charge in [0.1, 0.15) is 0 Å². The summed E-state index contributed by atoms with van der Waals surface area (Å²) in [5.41, 5.74) is 3.59. The molecule has 1 unspecified atom stereocenters. The van der Waals surface area contributed by atoms with Crippen LogP contribution in [0.4, 0.5) is 5.69 Å². The van der Waals surface area contributed by atoms with Crippen LogP contribution in [0, 0.1) is 0 Å². The third kappa shape index (κ3) is 3.56. The lowest BCUT2D eigenvalue weighted by atomic mass is 9.90. The van der Waals surface area contributed by atoms with Gasteiger partial charge in [-0.1, -0.05) is 30.8 Å². The molecule has 5 nitrogen and oxygen atoms in total. The molecule has 3 aromatic rings. The van der Waals surface area contributed by atoms with Crippen LogP contribution in [0.5, 0.6) is 0 Å². The second-order valence-electron chi connectivity index (χ2n) is 7.15. The molecule has 0 radical (unpaired) electrons. The highest BCUT2D eigenvalue weighted by molar-refractivity contribution is 6.00. The van der Waals surface area contributed by atoms with Crippen molar-refractivity contribution in [3.05, 3.63) is 78.5 Å². The van der Waals surface area contributed by atoms with Gasteiger partial charge in [0.25, 0.3) is 5.91 Å². The standard InChI is InChI=1S/C23H23N3O2/c1-2-22(27)25-18-9-5-7-16(13-18)23(28)26-12-6-8-17(15-26)20-14-24-21-11-4-3-10-19(20)21/h2-5,7,9-11,13-14,17,24H,1,6,8,12,15H2,(H,25,27). The van der Waals surface area contributed by atoms with Crippen molar-refractivity contribution in [1.82, 2.24) is 9.88 Å². The summed E-state index contributed by atoms with van der Waals surface area (Å²) in [7, 11) is 0. The Morgan fingerprint density at radius 3 is 2.89 bits per heavy atom. The Labute approximate surface area is 164 Å². The molecule has 4 rings (SSSR count). The molecular formula is C23H23N3O2. The summed E-state index contributed by atoms with van der Waals surface area (Å²) >= 11 is 0. The third-order valence-corrected chi connectivity index (χ3v) is 5.33. The topological polar surface area (TPSA) is 65.2 Å². The van der Waals surface area contributed by atoms with Gasteiger partial charge in [-0.25, -0.2) is 0 Å². The van der Waals surface area contributed by atoms with Gasteiger partial charge in [0.15, 0.2) is 0 Å². The van der Waals surface area contributed by atoms with E-state index < -0.39 is 0 Å². The minimum absolute atomic E-state index is 0.000701. The highest BCUT2D eigenvalue weighted by Crippen LogP contribution is 2.32. The summed E-state index contributed by atoms with van der Waals surface area (Å²) in [5, 5.41) is 3.94. The SMILES string of the molecule is C=CC(=O)Nc1cccc(C(=O)N2CCCC(c3c[nH]c4ccccc34)C2)c1. The zero-order valence-corrected chi connectivity index (χ0v) is 15.7. The lowest BCUT2D eigenvalue weighted by Gasteiger charge is -2.33. The van der Waals surface area contributed by atoms with E-state index in [1.54, 1.807) is 24.3 Å². The zero-order valence-electron chi connectivity index (χ0n) is 15.7. The molecule has 28 heavy (non-hydrogen) atoms. The number of carbonyl (C=O) groups is 2. The summed E-state index contributed by atoms with van der Waals surface area (Å²) in [6.45, 7) is 4.90. The summed E-state index contributed by atoms with van der Waals surface area (Å²) in [6, 6.07) is 15.4. The minimum Gasteiger partial charge on any atom is -0.361 e. The molecule has 2 N–H and O–H groups in total. The molecular weight excluding hydrogens is 350 g/mol. The molecule has 1 aromatic heterocycles. The van der Waals surface area contributed by atoms with Crippen molar-refractivity contribution in [2.75, 3.05) is 18.4 Å². The second kappa shape index (κ2) is 7.72. The van der Waals surface area contributed by atoms with Gasteiger partial charge < -0.3 is 15.2 Å². The van der Waals surface area contributed by atoms with Crippen LogP contribution in [-0.2, 0) is 4.79 Å². The number of piperidine rings is 1. The van der Waals surface area contributed by atoms with Crippen molar-refractivity contribution >= 4 is 28.4 Å². The summed E-state index contributed by atoms with van der Waals surface area (Å²) in [4.78, 5) is 29.9. The maximum atomic E-state index is 13.1. The monoisotopic (exact) mass is 373 g/mol. The number of hydrogen-bond donors (Lipinski definition) is 2. The van der Waals surface area contributed by atoms with Gasteiger partial charge in [-0.05, 0) is 48.7 Å². The lowest BCUT2D eigenvalue weighted by Crippen LogP contribution is -2.39. The molecule has 0 bridgehead atoms. The first-order valence-corrected chi connectivity index (χ1v) is 9.54. The predicted molar refractivity (Wildman–Crippen MR) is 111 cm³/mol. The number of carbonyl (C=O) groups excluding carboxylic acids is 2. The van der Waals surface area contributed by atoms with E-state index >= 15 is 0 Å². The first-order valence-electron chi connectivity index (χ1n) is 9.54. The maximum absolute atomic E-state index is 13.1. The molecule has 0 aliphatic carbocycles. The highest BCUT2D eigenvalue weighted by Gasteiger charge is 2.27. The predicted octanol–water partition coefficient (Wildman–Crippen LogP) is 4.31. The van der Waals surface area contributed by atoms with Crippen LogP contribution in [-0.4, -0.2) is 34.8 Å². The van der Waals surface area contributed by atoms with Crippen molar-refractivity contribution in [2.45, 2.75) is 18.8 Å². The minimum atomic E-state index is -0.290. The Balaban J connectivity index is 1.53. The van der Waals surface area contributed by atoms with Gasteiger partial charge in [0, 0.05) is 47.4 Å². The van der Waals surface area contributed by atoms with E-state index in [9.17, 15) is 9.59 Å². The number of nitrogens with zero attached hydrogens (tertiary/aromatic N) is 1. The number of nitrogens with one attached hydrogen (secondary N) is 2. The Morgan fingerprint density at radius 1 is 1.18 bits per heavy atom. The number of likely N-dealkylation sites (tertiary alicyclic amines) is 1. The quantitative estimate of drug-likeness (QED) is 0.669. The summed E-state index contributed by atoms with van der Waals surface area (Å²) in [6.07, 6.45) is 5.34. The van der Waals surface area contributed by atoms with Gasteiger partial charge >= 0.3 is 0 Å². The number of aromatic amines is 1. The van der Waals surface area contributed by atoms with Gasteiger partial charge in [0.2, 0.25) is 5.91 Å². The van der Waals surface area contributed by atoms with Gasteiger partial charge in [-0.2, -0.15) is 0 Å². The Hall–Kier alpha value is -3.34. The summed E-state index contributed by atoms with van der Waals surface area (Å²) in [5.74, 6) is 0.0266. The van der Waals surface area contributed by atoms with Crippen molar-refractivity contribution in [3.8, 4) is 0 Å². The number of hydrogen-bond acceptors (Lipinski definition) is 2. The molecule has 1 aliphatic rings. The van der Waals surface area contributed by atoms with E-state index in [0.717, 1.165) is 24.9 Å². The average molecular weight is 373 g/mol. The Bertz CT molecular complexity index is 1040. The molecule has 142 valence electrons. The molecule has 1 saturated heterocycles. The summed E-state index contributed by atoms with van der Waals surface area (Å²) < 4.78 is 0. The van der Waals surface area contributed by atoms with Crippen LogP contribution in [0.1, 0.15) is 34.7 Å². The number of rotatable bonds is 4. The number of benzene rings is 2. The van der Waals surface area contributed by atoms with E-state index in [1.807, 2.05) is 11.0 Å². The molecule has 0 spiro atoms. The molecule has 1 atom stereocenters. The van der Waals surface area contributed by atoms with E-state index in [1.165, 1.54) is 17.0 Å². The fourth-order valence-electron chi connectivity index (χ4n) is 3.95. The van der Waals surface area contributed by atoms with Crippen LogP contribution in [0.15, 0.2) is 67.4 Å². The van der Waals surface area contributed by atoms with E-state index in [4.69, 9.17) is 0 Å². The number of amides is 2. The van der Waals surface area contributed by atoms with Crippen LogP contribution >= 0.6 is 0 Å². The van der Waals surface area contributed by atoms with Crippen LogP contribution in [0.2, 0.25) is 0 Å². The number of H-pyrrole nitrogens is 1. The highest BCUT2D eigenvalue weighted by atomic mass is 16.2. The van der Waals surface area contributed by atoms with E-state index in [-0.39, 0.29) is 11.8 Å². The maximum Gasteiger partial charge on any atom is 0.253 e. The fourth-order valence-corrected chi connectivity index (χ4v) is 3.95. The average Bonchev–Trinajstić information content (AvgIpc) is 3.17. The van der Waals surface area contributed by atoms with Crippen LogP contribution in [0.3, 0.4) is 0 Å². The molecule has 2 aromatic carbocycles. The van der Waals surface area contributed by atoms with Crippen LogP contribution in [0.25, 0.3) is 10.9 Å². The first-order chi connectivity index (χ1) is 13.7. The Morgan fingerprint density at radius 2 is 2.04 bits per heavy atom. The van der Waals surface area contributed by atoms with E-state index in [2.05, 4.69) is 41.3 Å². The number of para-hydroxylation sites is 1. The molecule has 0 saturated carbocycles. The zero-order chi connectivity index (χ0) is 19.5. The largest absolute Gasteiger partial charge is 0.361 e. The third-order valence-electron chi connectivity index (χ3n) is 5.33. The van der Waals surface area contributed by atoms with Crippen molar-refractivity contribution in [2.24, 2.45) is 0 Å². The molecule has 1 aliphatic heterocycles. The molecule has 2 amide bonds. The van der Waals surface area contributed by atoms with Gasteiger partial charge in [-0.3, -0.25) is 9.59 Å².